The first kappa shape index (κ1) is 19.1. The van der Waals surface area contributed by atoms with E-state index in [2.05, 4.69) is 5.32 Å². The Bertz CT molecular complexity index is 1210. The monoisotopic (exact) mass is 430 g/mol. The molecule has 0 fully saturated rings. The number of amides is 1. The van der Waals surface area contributed by atoms with Crippen LogP contribution in [0.3, 0.4) is 0 Å². The third kappa shape index (κ3) is 4.22. The molecule has 31 heavy (non-hydrogen) atoms. The Kier molecular flexibility index (Phi) is 5.24. The number of rotatable bonds is 6. The van der Waals surface area contributed by atoms with Gasteiger partial charge in [0.2, 0.25) is 6.79 Å². The number of carbonyl (C=O) groups excluding carboxylic acids is 1. The van der Waals surface area contributed by atoms with E-state index in [0.29, 0.717) is 27.8 Å². The van der Waals surface area contributed by atoms with Gasteiger partial charge in [-0.3, -0.25) is 4.79 Å². The second-order valence-electron chi connectivity index (χ2n) is 6.78. The summed E-state index contributed by atoms with van der Waals surface area (Å²) in [5, 5.41) is 3.66. The van der Waals surface area contributed by atoms with Gasteiger partial charge in [0.1, 0.15) is 22.2 Å². The summed E-state index contributed by atoms with van der Waals surface area (Å²) in [7, 11) is 0. The maximum absolute atomic E-state index is 13.1. The van der Waals surface area contributed by atoms with Gasteiger partial charge in [-0.1, -0.05) is 48.5 Å². The van der Waals surface area contributed by atoms with Gasteiger partial charge in [-0.15, -0.1) is 11.3 Å². The van der Waals surface area contributed by atoms with Gasteiger partial charge in [0.15, 0.2) is 11.5 Å². The van der Waals surface area contributed by atoms with Gasteiger partial charge in [0, 0.05) is 17.3 Å². The minimum atomic E-state index is -0.235. The predicted molar refractivity (Wildman–Crippen MR) is 119 cm³/mol. The number of fused-ring (bicyclic) bond motifs is 1. The van der Waals surface area contributed by atoms with Crippen molar-refractivity contribution in [3.63, 3.8) is 0 Å². The normalized spacial score (nSPS) is 11.9. The molecule has 6 nitrogen and oxygen atoms in total. The molecule has 1 N–H and O–H groups in total. The van der Waals surface area contributed by atoms with Crippen molar-refractivity contribution in [1.29, 1.82) is 0 Å². The van der Waals surface area contributed by atoms with Crippen LogP contribution in [0.2, 0.25) is 0 Å². The molecule has 4 aromatic rings. The lowest BCUT2D eigenvalue weighted by Crippen LogP contribution is -2.11. The molecule has 1 aliphatic rings. The summed E-state index contributed by atoms with van der Waals surface area (Å²) in [5.74, 6) is 1.80. The van der Waals surface area contributed by atoms with E-state index in [9.17, 15) is 4.79 Å². The van der Waals surface area contributed by atoms with Gasteiger partial charge in [0.25, 0.3) is 5.91 Å². The number of thiazole rings is 1. The van der Waals surface area contributed by atoms with Crippen LogP contribution in [0.25, 0.3) is 11.3 Å². The highest BCUT2D eigenvalue weighted by molar-refractivity contribution is 7.14. The number of aromatic nitrogens is 1. The van der Waals surface area contributed by atoms with Crippen LogP contribution in [0.4, 0.5) is 5.69 Å². The first-order valence-corrected chi connectivity index (χ1v) is 10.5. The molecule has 0 bridgehead atoms. The average Bonchev–Trinajstić information content (AvgIpc) is 3.46. The van der Waals surface area contributed by atoms with E-state index in [1.807, 2.05) is 60.7 Å². The molecule has 0 spiro atoms. The third-order valence-electron chi connectivity index (χ3n) is 4.66. The Morgan fingerprint density at radius 3 is 2.52 bits per heavy atom. The van der Waals surface area contributed by atoms with E-state index in [0.717, 1.165) is 16.3 Å². The lowest BCUT2D eigenvalue weighted by atomic mass is 10.1. The second-order valence-corrected chi connectivity index (χ2v) is 7.86. The SMILES string of the molecule is O=C(Nc1ccc2c(c1)OCO2)c1sc(COc2ccccc2)nc1-c1ccccc1. The van der Waals surface area contributed by atoms with E-state index in [1.54, 1.807) is 18.2 Å². The fourth-order valence-electron chi connectivity index (χ4n) is 3.20. The Morgan fingerprint density at radius 2 is 1.71 bits per heavy atom. The first-order chi connectivity index (χ1) is 15.3. The number of ether oxygens (including phenoxy) is 3. The first-order valence-electron chi connectivity index (χ1n) is 9.70. The Morgan fingerprint density at radius 1 is 0.968 bits per heavy atom. The van der Waals surface area contributed by atoms with Crippen LogP contribution in [0.5, 0.6) is 17.2 Å². The van der Waals surface area contributed by atoms with E-state index in [-0.39, 0.29) is 19.3 Å². The zero-order valence-electron chi connectivity index (χ0n) is 16.4. The van der Waals surface area contributed by atoms with Gasteiger partial charge >= 0.3 is 0 Å². The van der Waals surface area contributed by atoms with Crippen molar-refractivity contribution in [3.05, 3.63) is 88.7 Å². The molecule has 1 aromatic heterocycles. The summed E-state index contributed by atoms with van der Waals surface area (Å²) in [6.07, 6.45) is 0. The lowest BCUT2D eigenvalue weighted by molar-refractivity contribution is 0.103. The number of hydrogen-bond acceptors (Lipinski definition) is 6. The van der Waals surface area contributed by atoms with Gasteiger partial charge in [-0.05, 0) is 24.3 Å². The Labute approximate surface area is 183 Å². The van der Waals surface area contributed by atoms with Crippen molar-refractivity contribution in [2.45, 2.75) is 6.61 Å². The van der Waals surface area contributed by atoms with E-state index >= 15 is 0 Å². The van der Waals surface area contributed by atoms with Crippen LogP contribution in [0, 0.1) is 0 Å². The van der Waals surface area contributed by atoms with Crippen LogP contribution in [-0.4, -0.2) is 17.7 Å². The van der Waals surface area contributed by atoms with Gasteiger partial charge in [-0.2, -0.15) is 0 Å². The largest absolute Gasteiger partial charge is 0.486 e. The molecule has 0 radical (unpaired) electrons. The molecule has 0 aliphatic carbocycles. The number of benzene rings is 3. The fraction of sp³-hybridized carbons (Fsp3) is 0.0833. The highest BCUT2D eigenvalue weighted by atomic mass is 32.1. The smallest absolute Gasteiger partial charge is 0.268 e. The van der Waals surface area contributed by atoms with Crippen LogP contribution in [-0.2, 0) is 6.61 Å². The van der Waals surface area contributed by atoms with E-state index in [4.69, 9.17) is 19.2 Å². The average molecular weight is 430 g/mol. The van der Waals surface area contributed by atoms with E-state index < -0.39 is 0 Å². The molecule has 7 heteroatoms. The molecule has 0 atom stereocenters. The second kappa shape index (κ2) is 8.49. The van der Waals surface area contributed by atoms with E-state index in [1.165, 1.54) is 11.3 Å². The highest BCUT2D eigenvalue weighted by Crippen LogP contribution is 2.35. The summed E-state index contributed by atoms with van der Waals surface area (Å²) in [4.78, 5) is 18.4. The topological polar surface area (TPSA) is 69.7 Å². The van der Waals surface area contributed by atoms with Crippen LogP contribution in [0.15, 0.2) is 78.9 Å². The molecule has 154 valence electrons. The summed E-state index contributed by atoms with van der Waals surface area (Å²) in [6.45, 7) is 0.469. The third-order valence-corrected chi connectivity index (χ3v) is 5.69. The molecule has 0 saturated carbocycles. The van der Waals surface area contributed by atoms with Crippen molar-refractivity contribution in [2.75, 3.05) is 12.1 Å². The Hall–Kier alpha value is -3.84. The number of nitrogens with one attached hydrogen (secondary N) is 1. The molecule has 0 saturated heterocycles. The highest BCUT2D eigenvalue weighted by Gasteiger charge is 2.21. The summed E-state index contributed by atoms with van der Waals surface area (Å²) in [5.41, 5.74) is 2.14. The number of hydrogen-bond donors (Lipinski definition) is 1. The molecule has 0 unspecified atom stereocenters. The number of nitrogens with zero attached hydrogens (tertiary/aromatic N) is 1. The van der Waals surface area contributed by atoms with Gasteiger partial charge < -0.3 is 19.5 Å². The van der Waals surface area contributed by atoms with Crippen molar-refractivity contribution in [2.24, 2.45) is 0 Å². The maximum Gasteiger partial charge on any atom is 0.268 e. The predicted octanol–water partition coefficient (Wildman–Crippen LogP) is 5.37. The van der Waals surface area contributed by atoms with Crippen LogP contribution in [0.1, 0.15) is 14.7 Å². The summed E-state index contributed by atoms with van der Waals surface area (Å²) >= 11 is 1.32. The number of para-hydroxylation sites is 1. The molecule has 5 rings (SSSR count). The molecule has 1 amide bonds. The van der Waals surface area contributed by atoms with Gasteiger partial charge in [-0.25, -0.2) is 4.98 Å². The van der Waals surface area contributed by atoms with Crippen LogP contribution >= 0.6 is 11.3 Å². The minimum absolute atomic E-state index is 0.185. The molecule has 2 heterocycles. The Balaban J connectivity index is 1.41. The summed E-state index contributed by atoms with van der Waals surface area (Å²) in [6, 6.07) is 24.5. The fourth-order valence-corrected chi connectivity index (χ4v) is 4.09. The zero-order chi connectivity index (χ0) is 21.0. The summed E-state index contributed by atoms with van der Waals surface area (Å²) < 4.78 is 16.6. The maximum atomic E-state index is 13.1. The number of anilines is 1. The van der Waals surface area contributed by atoms with Crippen molar-refractivity contribution in [3.8, 4) is 28.5 Å². The van der Waals surface area contributed by atoms with Crippen molar-refractivity contribution < 1.29 is 19.0 Å². The standard InChI is InChI=1S/C24H18N2O4S/c27-24(25-17-11-12-19-20(13-17)30-15-29-19)23-22(16-7-3-1-4-8-16)26-21(31-23)14-28-18-9-5-2-6-10-18/h1-13H,14-15H2,(H,25,27). The van der Waals surface area contributed by atoms with Crippen molar-refractivity contribution in [1.82, 2.24) is 4.98 Å². The molecule has 3 aromatic carbocycles. The van der Waals surface area contributed by atoms with Crippen molar-refractivity contribution >= 4 is 22.9 Å². The minimum Gasteiger partial charge on any atom is -0.486 e. The van der Waals surface area contributed by atoms with Crippen LogP contribution < -0.4 is 19.5 Å². The number of carbonyl (C=O) groups is 1. The quantitative estimate of drug-likeness (QED) is 0.445. The van der Waals surface area contributed by atoms with Gasteiger partial charge in [0.05, 0.1) is 5.69 Å². The molecular formula is C24H18N2O4S. The molecule has 1 aliphatic heterocycles. The lowest BCUT2D eigenvalue weighted by Gasteiger charge is -2.06. The molecular weight excluding hydrogens is 412 g/mol. The zero-order valence-corrected chi connectivity index (χ0v) is 17.2.